The number of hydrogen-bond donors (Lipinski definition) is 2. The molecule has 1 aromatic heterocycles. The Morgan fingerprint density at radius 3 is 2.73 bits per heavy atom. The molecule has 3 heterocycles. The second-order valence-corrected chi connectivity index (χ2v) is 6.00. The van der Waals surface area contributed by atoms with Crippen LogP contribution in [-0.4, -0.2) is 47.9 Å². The quantitative estimate of drug-likeness (QED) is 0.723. The summed E-state index contributed by atoms with van der Waals surface area (Å²) < 4.78 is 24.5. The summed E-state index contributed by atoms with van der Waals surface area (Å²) in [6.07, 6.45) is -0.199. The van der Waals surface area contributed by atoms with Crippen LogP contribution in [0.4, 0.5) is 0 Å². The highest BCUT2D eigenvalue weighted by Crippen LogP contribution is 2.41. The maximum Gasteiger partial charge on any atom is 0.458 e. The van der Waals surface area contributed by atoms with E-state index in [1.54, 1.807) is 17.7 Å². The Hall–Kier alpha value is -1.48. The summed E-state index contributed by atoms with van der Waals surface area (Å²) in [7, 11) is 1.46. The van der Waals surface area contributed by atoms with Gasteiger partial charge in [-0.1, -0.05) is 0 Å². The third-order valence-corrected chi connectivity index (χ3v) is 3.92. The number of aromatic amines is 1. The molecule has 2 aliphatic heterocycles. The Bertz CT molecular complexity index is 628. The average Bonchev–Trinajstić information content (AvgIpc) is 2.94. The van der Waals surface area contributed by atoms with Crippen molar-refractivity contribution in [2.24, 2.45) is 0 Å². The van der Waals surface area contributed by atoms with Gasteiger partial charge in [-0.15, -0.1) is 0 Å². The molecule has 0 unspecified atom stereocenters. The van der Waals surface area contributed by atoms with Crippen LogP contribution in [0.15, 0.2) is 11.0 Å². The Morgan fingerprint density at radius 2 is 2.09 bits per heavy atom. The number of aliphatic hydroxyl groups is 1. The van der Waals surface area contributed by atoms with Gasteiger partial charge in [-0.05, 0) is 20.8 Å². The van der Waals surface area contributed by atoms with E-state index in [9.17, 15) is 9.90 Å². The molecular formula is C14H21N2O6+. The fourth-order valence-electron chi connectivity index (χ4n) is 2.96. The number of hydrogen-bond acceptors (Lipinski definition) is 6. The number of ether oxygens (including phenoxy) is 4. The molecule has 0 radical (unpaired) electrons. The van der Waals surface area contributed by atoms with Crippen molar-refractivity contribution in [2.75, 3.05) is 13.7 Å². The monoisotopic (exact) mass is 313 g/mol. The predicted molar refractivity (Wildman–Crippen MR) is 73.4 cm³/mol. The molecule has 1 aromatic rings. The van der Waals surface area contributed by atoms with Crippen LogP contribution in [0.1, 0.15) is 25.6 Å². The Kier molecular flexibility index (Phi) is 3.72. The van der Waals surface area contributed by atoms with Gasteiger partial charge in [0.25, 0.3) is 0 Å². The first-order valence-corrected chi connectivity index (χ1v) is 7.17. The minimum Gasteiger partial charge on any atom is -0.434 e. The number of H-pyrrole nitrogens is 1. The molecule has 122 valence electrons. The first kappa shape index (κ1) is 15.4. The van der Waals surface area contributed by atoms with Crippen LogP contribution in [0, 0.1) is 6.92 Å². The van der Waals surface area contributed by atoms with Crippen LogP contribution < -0.4 is 14.9 Å². The molecular weight excluding hydrogens is 292 g/mol. The molecule has 0 saturated carbocycles. The fraction of sp³-hybridized carbons (Fsp3) is 0.714. The normalized spacial score (nSPS) is 33.0. The van der Waals surface area contributed by atoms with Crippen LogP contribution in [-0.2, 0) is 14.2 Å². The Morgan fingerprint density at radius 1 is 1.41 bits per heavy atom. The maximum absolute atomic E-state index is 11.7. The van der Waals surface area contributed by atoms with Gasteiger partial charge in [0, 0.05) is 0 Å². The number of aliphatic hydroxyl groups excluding tert-OH is 1. The molecule has 2 aliphatic rings. The molecule has 2 N–H and O–H groups in total. The van der Waals surface area contributed by atoms with E-state index in [0.717, 1.165) is 0 Å². The summed E-state index contributed by atoms with van der Waals surface area (Å²) in [5.74, 6) is -0.754. The van der Waals surface area contributed by atoms with E-state index in [1.165, 1.54) is 7.11 Å². The molecule has 2 saturated heterocycles. The molecule has 8 heteroatoms. The Labute approximate surface area is 127 Å². The van der Waals surface area contributed by atoms with E-state index < -0.39 is 24.2 Å². The highest BCUT2D eigenvalue weighted by molar-refractivity contribution is 5.01. The first-order chi connectivity index (χ1) is 10.4. The molecule has 0 aromatic carbocycles. The van der Waals surface area contributed by atoms with Gasteiger partial charge in [0.2, 0.25) is 6.23 Å². The van der Waals surface area contributed by atoms with Gasteiger partial charge in [0.05, 0.1) is 19.3 Å². The van der Waals surface area contributed by atoms with Gasteiger partial charge in [0.1, 0.15) is 18.4 Å². The zero-order valence-corrected chi connectivity index (χ0v) is 13.0. The van der Waals surface area contributed by atoms with Crippen molar-refractivity contribution in [2.45, 2.75) is 51.1 Å². The molecule has 0 spiro atoms. The molecule has 0 aliphatic carbocycles. The summed E-state index contributed by atoms with van der Waals surface area (Å²) in [5.41, 5.74) is 0.289. The van der Waals surface area contributed by atoms with E-state index in [2.05, 4.69) is 4.98 Å². The number of fused-ring (bicyclic) bond motifs is 1. The third kappa shape index (κ3) is 2.41. The van der Waals surface area contributed by atoms with Gasteiger partial charge in [-0.25, -0.2) is 4.79 Å². The number of aromatic nitrogens is 2. The van der Waals surface area contributed by atoms with Crippen molar-refractivity contribution in [3.05, 3.63) is 22.1 Å². The lowest BCUT2D eigenvalue weighted by Crippen LogP contribution is -2.49. The lowest BCUT2D eigenvalue weighted by atomic mass is 10.1. The van der Waals surface area contributed by atoms with E-state index in [0.29, 0.717) is 5.56 Å². The summed E-state index contributed by atoms with van der Waals surface area (Å²) in [4.78, 5) is 14.4. The summed E-state index contributed by atoms with van der Waals surface area (Å²) in [6, 6.07) is 0.256. The van der Waals surface area contributed by atoms with Gasteiger partial charge in [0.15, 0.2) is 11.9 Å². The number of rotatable bonds is 3. The zero-order chi connectivity index (χ0) is 16.1. The van der Waals surface area contributed by atoms with Crippen molar-refractivity contribution in [1.29, 1.82) is 0 Å². The Balaban J connectivity index is 2.01. The van der Waals surface area contributed by atoms with E-state index in [4.69, 9.17) is 18.9 Å². The highest BCUT2D eigenvalue weighted by atomic mass is 16.8. The topological polar surface area (TPSA) is 93.9 Å². The van der Waals surface area contributed by atoms with Crippen LogP contribution in [0.25, 0.3) is 0 Å². The van der Waals surface area contributed by atoms with Crippen molar-refractivity contribution < 1.29 is 28.6 Å². The number of nitrogens with zero attached hydrogens (tertiary/aromatic N) is 1. The third-order valence-electron chi connectivity index (χ3n) is 3.92. The molecule has 0 amide bonds. The molecule has 4 atom stereocenters. The predicted octanol–water partition coefficient (Wildman–Crippen LogP) is -0.611. The second kappa shape index (κ2) is 5.31. The minimum absolute atomic E-state index is 0.178. The van der Waals surface area contributed by atoms with Crippen molar-refractivity contribution in [3.63, 3.8) is 0 Å². The fourth-order valence-corrected chi connectivity index (χ4v) is 2.96. The molecule has 2 fully saturated rings. The molecule has 0 bridgehead atoms. The van der Waals surface area contributed by atoms with Gasteiger partial charge < -0.3 is 24.1 Å². The van der Waals surface area contributed by atoms with Crippen molar-refractivity contribution >= 4 is 0 Å². The highest BCUT2D eigenvalue weighted by Gasteiger charge is 2.58. The van der Waals surface area contributed by atoms with Gasteiger partial charge in [-0.3, -0.25) is 0 Å². The van der Waals surface area contributed by atoms with Gasteiger partial charge in [-0.2, -0.15) is 9.55 Å². The standard InChI is InChI=1S/C14H20N2O6/c1-7-5-16(13(19-4)15-11(7)18)12-10-9(8(6-17)20-12)21-14(2,3)22-10/h5,8-10,12,17H,6H2,1-4H3/p+1/t8-,9-,10-,12-/m1/s1. The average molecular weight is 313 g/mol. The van der Waals surface area contributed by atoms with E-state index in [1.807, 2.05) is 13.8 Å². The molecule has 22 heavy (non-hydrogen) atoms. The zero-order valence-electron chi connectivity index (χ0n) is 13.0. The van der Waals surface area contributed by atoms with Gasteiger partial charge >= 0.3 is 11.6 Å². The summed E-state index contributed by atoms with van der Waals surface area (Å²) in [5, 5.41) is 9.51. The summed E-state index contributed by atoms with van der Waals surface area (Å²) >= 11 is 0. The SMILES string of the molecule is COc1[nH]c(=O)c(C)c[n+]1[C@@H]1O[C@H](CO)[C@H]2OC(C)(C)O[C@H]21. The number of methoxy groups -OCH3 is 1. The van der Waals surface area contributed by atoms with Crippen molar-refractivity contribution in [1.82, 2.24) is 4.98 Å². The first-order valence-electron chi connectivity index (χ1n) is 7.17. The van der Waals surface area contributed by atoms with Crippen LogP contribution in [0.2, 0.25) is 0 Å². The smallest absolute Gasteiger partial charge is 0.434 e. The number of nitrogens with one attached hydrogen (secondary N) is 1. The largest absolute Gasteiger partial charge is 0.458 e. The van der Waals surface area contributed by atoms with E-state index in [-0.39, 0.29) is 24.3 Å². The maximum atomic E-state index is 11.7. The lowest BCUT2D eigenvalue weighted by Gasteiger charge is -2.23. The molecule has 3 rings (SSSR count). The van der Waals surface area contributed by atoms with Crippen LogP contribution >= 0.6 is 0 Å². The number of aryl methyl sites for hydroxylation is 1. The van der Waals surface area contributed by atoms with Crippen LogP contribution in [0.5, 0.6) is 6.01 Å². The summed E-state index contributed by atoms with van der Waals surface area (Å²) in [6.45, 7) is 5.15. The minimum atomic E-state index is -0.754. The van der Waals surface area contributed by atoms with E-state index >= 15 is 0 Å². The van der Waals surface area contributed by atoms with Crippen LogP contribution in [0.3, 0.4) is 0 Å². The molecule has 8 nitrogen and oxygen atoms in total. The van der Waals surface area contributed by atoms with Crippen molar-refractivity contribution in [3.8, 4) is 6.01 Å². The lowest BCUT2D eigenvalue weighted by molar-refractivity contribution is -0.772. The second-order valence-electron chi connectivity index (χ2n) is 6.00.